The molecule has 0 unspecified atom stereocenters. The average Bonchev–Trinajstić information content (AvgIpc) is 1.61. The molecular weight excluding hydrogens is 88.1 g/mol. The van der Waals surface area contributed by atoms with E-state index >= 15 is 0 Å². The highest BCUT2D eigenvalue weighted by atomic mass is 16.5. The summed E-state index contributed by atoms with van der Waals surface area (Å²) >= 11 is 0. The summed E-state index contributed by atoms with van der Waals surface area (Å²) in [4.78, 5) is 0. The van der Waals surface area contributed by atoms with Crippen molar-refractivity contribution in [3.05, 3.63) is 18.8 Å². The van der Waals surface area contributed by atoms with Gasteiger partial charge in [-0.25, -0.2) is 0 Å². The molecule has 7 heavy (non-hydrogen) atoms. The molecule has 0 saturated heterocycles. The van der Waals surface area contributed by atoms with E-state index in [9.17, 15) is 0 Å². The molecular formula is C6H11O. The van der Waals surface area contributed by atoms with Gasteiger partial charge in [0.1, 0.15) is 0 Å². The highest BCUT2D eigenvalue weighted by molar-refractivity contribution is 4.95. The summed E-state index contributed by atoms with van der Waals surface area (Å²) < 4.78 is 4.87. The molecule has 0 heterocycles. The molecule has 0 aliphatic rings. The number of hydrogen-bond acceptors (Lipinski definition) is 1. The van der Waals surface area contributed by atoms with Crippen LogP contribution >= 0.6 is 0 Å². The minimum atomic E-state index is 0.729. The SMILES string of the molecule is [CH2]C(C)=COCC. The summed E-state index contributed by atoms with van der Waals surface area (Å²) in [5, 5.41) is 0. The lowest BCUT2D eigenvalue weighted by atomic mass is 10.4. The molecule has 0 amide bonds. The van der Waals surface area contributed by atoms with Crippen molar-refractivity contribution in [1.29, 1.82) is 0 Å². The maximum Gasteiger partial charge on any atom is 0.0845 e. The van der Waals surface area contributed by atoms with Gasteiger partial charge in [-0.15, -0.1) is 0 Å². The van der Waals surface area contributed by atoms with Gasteiger partial charge >= 0.3 is 0 Å². The Morgan fingerprint density at radius 2 is 2.43 bits per heavy atom. The molecule has 0 aromatic carbocycles. The van der Waals surface area contributed by atoms with Crippen molar-refractivity contribution in [3.63, 3.8) is 0 Å². The van der Waals surface area contributed by atoms with Gasteiger partial charge in [0, 0.05) is 0 Å². The molecule has 1 heteroatoms. The zero-order valence-corrected chi connectivity index (χ0v) is 4.90. The lowest BCUT2D eigenvalue weighted by Crippen LogP contribution is -1.77. The van der Waals surface area contributed by atoms with Crippen LogP contribution in [0.25, 0.3) is 0 Å². The predicted octanol–water partition coefficient (Wildman–Crippen LogP) is 1.76. The third-order valence-electron chi connectivity index (χ3n) is 0.451. The Balaban J connectivity index is 3.08. The maximum absolute atomic E-state index is 4.87. The normalized spacial score (nSPS) is 11.6. The lowest BCUT2D eigenvalue weighted by molar-refractivity contribution is 0.267. The first-order valence-electron chi connectivity index (χ1n) is 2.37. The van der Waals surface area contributed by atoms with Gasteiger partial charge in [0.15, 0.2) is 0 Å². The molecule has 41 valence electrons. The minimum Gasteiger partial charge on any atom is -0.502 e. The summed E-state index contributed by atoms with van der Waals surface area (Å²) in [7, 11) is 0. The maximum atomic E-state index is 4.87. The van der Waals surface area contributed by atoms with E-state index in [1.807, 2.05) is 13.8 Å². The summed E-state index contributed by atoms with van der Waals surface area (Å²) in [6.07, 6.45) is 1.65. The Hall–Kier alpha value is -0.460. The predicted molar refractivity (Wildman–Crippen MR) is 30.7 cm³/mol. The lowest BCUT2D eigenvalue weighted by Gasteiger charge is -1.91. The average molecular weight is 99.2 g/mol. The van der Waals surface area contributed by atoms with Gasteiger partial charge in [0.2, 0.25) is 0 Å². The van der Waals surface area contributed by atoms with Crippen LogP contribution in [0, 0.1) is 6.92 Å². The van der Waals surface area contributed by atoms with Crippen LogP contribution in [-0.2, 0) is 4.74 Å². The van der Waals surface area contributed by atoms with E-state index in [0.29, 0.717) is 0 Å². The molecule has 0 aliphatic carbocycles. The summed E-state index contributed by atoms with van der Waals surface area (Å²) in [5.74, 6) is 0. The van der Waals surface area contributed by atoms with Crippen molar-refractivity contribution < 1.29 is 4.74 Å². The molecule has 0 aromatic rings. The van der Waals surface area contributed by atoms with Crippen molar-refractivity contribution in [3.8, 4) is 0 Å². The van der Waals surface area contributed by atoms with Gasteiger partial charge < -0.3 is 4.74 Å². The summed E-state index contributed by atoms with van der Waals surface area (Å²) in [5.41, 5.74) is 0.960. The van der Waals surface area contributed by atoms with Crippen LogP contribution in [0.3, 0.4) is 0 Å². The van der Waals surface area contributed by atoms with E-state index in [1.54, 1.807) is 6.26 Å². The summed E-state index contributed by atoms with van der Waals surface area (Å²) in [6, 6.07) is 0. The van der Waals surface area contributed by atoms with Crippen LogP contribution in [0.15, 0.2) is 11.8 Å². The fourth-order valence-electron chi connectivity index (χ4n) is 0.226. The number of hydrogen-bond donors (Lipinski definition) is 0. The monoisotopic (exact) mass is 99.1 g/mol. The van der Waals surface area contributed by atoms with Crippen molar-refractivity contribution in [2.45, 2.75) is 13.8 Å². The van der Waals surface area contributed by atoms with Crippen molar-refractivity contribution in [1.82, 2.24) is 0 Å². The third-order valence-corrected chi connectivity index (χ3v) is 0.451. The molecule has 0 fully saturated rings. The van der Waals surface area contributed by atoms with Gasteiger partial charge in [-0.1, -0.05) is 0 Å². The molecule has 0 aliphatic heterocycles. The highest BCUT2D eigenvalue weighted by Gasteiger charge is 1.71. The Morgan fingerprint density at radius 1 is 1.86 bits per heavy atom. The van der Waals surface area contributed by atoms with Crippen molar-refractivity contribution >= 4 is 0 Å². The van der Waals surface area contributed by atoms with E-state index in [1.165, 1.54) is 0 Å². The Bertz CT molecular complexity index is 60.6. The minimum absolute atomic E-state index is 0.729. The first-order chi connectivity index (χ1) is 3.27. The van der Waals surface area contributed by atoms with Gasteiger partial charge in [-0.3, -0.25) is 0 Å². The zero-order chi connectivity index (χ0) is 5.70. The Labute approximate surface area is 45.0 Å². The smallest absolute Gasteiger partial charge is 0.0845 e. The molecule has 0 rings (SSSR count). The van der Waals surface area contributed by atoms with Crippen LogP contribution in [0.1, 0.15) is 13.8 Å². The van der Waals surface area contributed by atoms with Gasteiger partial charge in [0.05, 0.1) is 12.9 Å². The standard InChI is InChI=1S/C6H11O/c1-4-7-5-6(2)3/h5H,2,4H2,1,3H3. The van der Waals surface area contributed by atoms with Crippen LogP contribution in [0.5, 0.6) is 0 Å². The number of rotatable bonds is 2. The zero-order valence-electron chi connectivity index (χ0n) is 4.90. The van der Waals surface area contributed by atoms with Gasteiger partial charge in [-0.2, -0.15) is 0 Å². The Morgan fingerprint density at radius 3 is 2.57 bits per heavy atom. The van der Waals surface area contributed by atoms with Crippen LogP contribution < -0.4 is 0 Å². The van der Waals surface area contributed by atoms with E-state index < -0.39 is 0 Å². The molecule has 0 N–H and O–H groups in total. The topological polar surface area (TPSA) is 9.23 Å². The fraction of sp³-hybridized carbons (Fsp3) is 0.500. The molecule has 0 spiro atoms. The molecule has 1 radical (unpaired) electrons. The second-order valence-corrected chi connectivity index (χ2v) is 1.42. The van der Waals surface area contributed by atoms with Crippen molar-refractivity contribution in [2.24, 2.45) is 0 Å². The van der Waals surface area contributed by atoms with E-state index in [-0.39, 0.29) is 0 Å². The molecule has 0 bridgehead atoms. The Kier molecular flexibility index (Phi) is 3.48. The highest BCUT2D eigenvalue weighted by Crippen LogP contribution is 1.86. The van der Waals surface area contributed by atoms with E-state index in [0.717, 1.165) is 12.2 Å². The number of ether oxygens (including phenoxy) is 1. The van der Waals surface area contributed by atoms with Crippen LogP contribution in [-0.4, -0.2) is 6.61 Å². The molecule has 0 aromatic heterocycles. The fourth-order valence-corrected chi connectivity index (χ4v) is 0.226. The second-order valence-electron chi connectivity index (χ2n) is 1.42. The van der Waals surface area contributed by atoms with Crippen LogP contribution in [0.2, 0.25) is 0 Å². The van der Waals surface area contributed by atoms with Gasteiger partial charge in [-0.05, 0) is 26.3 Å². The first kappa shape index (κ1) is 6.54. The van der Waals surface area contributed by atoms with E-state index in [4.69, 9.17) is 4.74 Å². The van der Waals surface area contributed by atoms with E-state index in [2.05, 4.69) is 6.92 Å². The summed E-state index contributed by atoms with van der Waals surface area (Å²) in [6.45, 7) is 8.18. The molecule has 0 saturated carbocycles. The second kappa shape index (κ2) is 3.72. The number of allylic oxidation sites excluding steroid dienone is 1. The van der Waals surface area contributed by atoms with Crippen molar-refractivity contribution in [2.75, 3.05) is 6.61 Å². The largest absolute Gasteiger partial charge is 0.502 e. The molecule has 0 atom stereocenters. The third kappa shape index (κ3) is 5.54. The van der Waals surface area contributed by atoms with Gasteiger partial charge in [0.25, 0.3) is 0 Å². The molecule has 1 nitrogen and oxygen atoms in total. The quantitative estimate of drug-likeness (QED) is 0.479. The van der Waals surface area contributed by atoms with Crippen LogP contribution in [0.4, 0.5) is 0 Å². The first-order valence-corrected chi connectivity index (χ1v) is 2.37.